The lowest BCUT2D eigenvalue weighted by Gasteiger charge is -2.36. The summed E-state index contributed by atoms with van der Waals surface area (Å²) in [4.78, 5) is 84.3. The van der Waals surface area contributed by atoms with E-state index in [0.717, 1.165) is 63.5 Å². The van der Waals surface area contributed by atoms with Gasteiger partial charge < -0.3 is 28.8 Å². The first kappa shape index (κ1) is 57.9. The van der Waals surface area contributed by atoms with Crippen LogP contribution in [-0.4, -0.2) is 92.0 Å². The van der Waals surface area contributed by atoms with E-state index >= 15 is 0 Å². The number of carboxylic acids is 1. The number of nitrogens with one attached hydrogen (secondary N) is 1. The molecule has 27 atom stereocenters. The van der Waals surface area contributed by atoms with Crippen molar-refractivity contribution in [1.29, 1.82) is 0 Å². The molecule has 2 N–H and O–H groups in total. The highest BCUT2D eigenvalue weighted by Crippen LogP contribution is 2.61. The van der Waals surface area contributed by atoms with Crippen molar-refractivity contribution < 1.29 is 70.8 Å². The molecule has 0 aromatic heterocycles. The van der Waals surface area contributed by atoms with Crippen LogP contribution in [0.2, 0.25) is 0 Å². The lowest BCUT2D eigenvalue weighted by atomic mass is 9.69. The second kappa shape index (κ2) is 21.0. The number of carbonyl (C=O) groups excluding carboxylic acids is 6. The lowest BCUT2D eigenvalue weighted by Crippen LogP contribution is -2.43. The molecule has 77 heavy (non-hydrogen) atoms. The fraction of sp³-hybridized carbons (Fsp3) is 0.883. The first-order chi connectivity index (χ1) is 35.8. The first-order valence-electron chi connectivity index (χ1n) is 29.5. The minimum Gasteiger partial charge on any atom is -0.481 e. The summed E-state index contributed by atoms with van der Waals surface area (Å²) < 4.78 is 51.6. The quantitative estimate of drug-likeness (QED) is 0.172. The molecule has 2 aliphatic heterocycles. The van der Waals surface area contributed by atoms with E-state index < -0.39 is 50.9 Å². The number of amides is 1. The van der Waals surface area contributed by atoms with E-state index in [1.807, 2.05) is 34.6 Å². The number of carboxylic acid groups (broad SMARTS) is 1. The van der Waals surface area contributed by atoms with E-state index in [4.69, 9.17) is 23.7 Å². The molecule has 0 spiro atoms. The van der Waals surface area contributed by atoms with Gasteiger partial charge in [-0.25, -0.2) is 13.2 Å². The Kier molecular flexibility index (Phi) is 15.8. The van der Waals surface area contributed by atoms with Crippen molar-refractivity contribution in [1.82, 2.24) is 4.72 Å². The van der Waals surface area contributed by atoms with Gasteiger partial charge in [0.25, 0.3) is 0 Å². The van der Waals surface area contributed by atoms with E-state index in [1.165, 1.54) is 6.42 Å². The molecule has 0 aromatic carbocycles. The maximum Gasteiger partial charge on any atom is 0.348 e. The number of fused-ring (bicyclic) bond motifs is 9. The van der Waals surface area contributed by atoms with Crippen LogP contribution in [0.3, 0.4) is 0 Å². The molecule has 432 valence electrons. The highest BCUT2D eigenvalue weighted by atomic mass is 32.2. The lowest BCUT2D eigenvalue weighted by molar-refractivity contribution is -0.171. The van der Waals surface area contributed by atoms with Gasteiger partial charge in [0.2, 0.25) is 22.0 Å². The summed E-state index contributed by atoms with van der Waals surface area (Å²) in [7, 11) is -3.41. The van der Waals surface area contributed by atoms with E-state index in [2.05, 4.69) is 60.1 Å². The van der Waals surface area contributed by atoms with E-state index in [0.29, 0.717) is 95.4 Å². The number of rotatable bonds is 8. The summed E-state index contributed by atoms with van der Waals surface area (Å²) in [5.41, 5.74) is -0.972. The van der Waals surface area contributed by atoms with Gasteiger partial charge in [-0.3, -0.25) is 33.5 Å². The number of carbonyl (C=O) groups is 7. The average Bonchev–Trinajstić information content (AvgIpc) is 4.27. The molecular formula is C60H91NO15S. The molecule has 10 saturated carbocycles. The second-order valence-corrected chi connectivity index (χ2v) is 30.6. The molecule has 17 heteroatoms. The van der Waals surface area contributed by atoms with Crippen molar-refractivity contribution >= 4 is 51.7 Å². The Balaban J connectivity index is 0.000000126. The molecule has 10 aliphatic carbocycles. The smallest absolute Gasteiger partial charge is 0.348 e. The monoisotopic (exact) mass is 1100 g/mol. The summed E-state index contributed by atoms with van der Waals surface area (Å²) in [6.45, 7) is 27.4. The zero-order valence-electron chi connectivity index (χ0n) is 48.2. The molecule has 0 aromatic rings. The number of esters is 5. The Morgan fingerprint density at radius 3 is 1.47 bits per heavy atom. The van der Waals surface area contributed by atoms with Crippen LogP contribution in [0, 0.1) is 147 Å². The van der Waals surface area contributed by atoms with Crippen LogP contribution in [0.25, 0.3) is 0 Å². The van der Waals surface area contributed by atoms with Crippen molar-refractivity contribution in [2.45, 2.75) is 172 Å². The number of ether oxygens (including phenoxy) is 5. The fourth-order valence-corrected chi connectivity index (χ4v) is 18.9. The maximum absolute atomic E-state index is 12.7. The van der Waals surface area contributed by atoms with Gasteiger partial charge in [-0.1, -0.05) is 69.2 Å². The molecule has 12 rings (SSSR count). The van der Waals surface area contributed by atoms with Gasteiger partial charge >= 0.3 is 35.8 Å². The molecule has 16 nitrogen and oxygen atoms in total. The number of hydrogen-bond donors (Lipinski definition) is 2. The molecule has 12 aliphatic rings. The predicted molar refractivity (Wildman–Crippen MR) is 282 cm³/mol. The third-order valence-electron chi connectivity index (χ3n) is 23.3. The largest absolute Gasteiger partial charge is 0.481 e. The van der Waals surface area contributed by atoms with Gasteiger partial charge in [-0.15, -0.1) is 0 Å². The Hall–Kier alpha value is -3.76. The van der Waals surface area contributed by atoms with Gasteiger partial charge in [0, 0.05) is 23.2 Å². The Morgan fingerprint density at radius 2 is 1.03 bits per heavy atom. The van der Waals surface area contributed by atoms with Crippen LogP contribution in [0.1, 0.15) is 148 Å². The molecule has 1 amide bonds. The van der Waals surface area contributed by atoms with Gasteiger partial charge in [-0.2, -0.15) is 0 Å². The van der Waals surface area contributed by atoms with E-state index in [1.54, 1.807) is 0 Å². The van der Waals surface area contributed by atoms with E-state index in [9.17, 15) is 47.1 Å². The van der Waals surface area contributed by atoms with Crippen LogP contribution in [0.5, 0.6) is 0 Å². The van der Waals surface area contributed by atoms with Gasteiger partial charge in [0.15, 0.2) is 0 Å². The average molecular weight is 1100 g/mol. The summed E-state index contributed by atoms with van der Waals surface area (Å²) in [6.07, 6.45) is 8.92. The molecule has 2 heterocycles. The third kappa shape index (κ3) is 10.7. The van der Waals surface area contributed by atoms with Crippen LogP contribution in [-0.2, 0) is 67.3 Å². The summed E-state index contributed by atoms with van der Waals surface area (Å²) >= 11 is 0. The van der Waals surface area contributed by atoms with Crippen LogP contribution < -0.4 is 4.72 Å². The number of hydrogen-bond acceptors (Lipinski definition) is 14. The standard InChI is InChI=1S/C18H24O4.C16H24O4.C15H24O4.C11H19NO3S/c1-7-8(2)11-3-9(7)4-13(11)17(19)21-15-10-5-12-14(6-10)18(20)22-16(12)15;1-8-9(2)11-5-10(8)6-12(11)14(17)20-13-15(18)19-7-16(13,3)4;1-7-8(2)10-6-9(7)11(13(16)17)12(10)14(18)19-15(3,4)5;1-6-7(2)9-4-8(6)5-10(9)11(13)12-16(3,14)15/h7-16H,3-6H2,1-2H3;8-13H,5-7H2,1-4H3;7-12H,6H2,1-5H3,(H,16,17);6-10H,4-5H2,1-3H3,(H,12,13). The molecule has 12 fully saturated rings. The molecule has 0 radical (unpaired) electrons. The number of aliphatic carboxylic acids is 1. The number of cyclic esters (lactones) is 1. The summed E-state index contributed by atoms with van der Waals surface area (Å²) in [6, 6.07) is 0. The van der Waals surface area contributed by atoms with Crippen molar-refractivity contribution in [2.75, 3.05) is 12.9 Å². The summed E-state index contributed by atoms with van der Waals surface area (Å²) in [5.74, 6) is 5.79. The van der Waals surface area contributed by atoms with Crippen molar-refractivity contribution in [3.8, 4) is 0 Å². The maximum atomic E-state index is 12.7. The fourth-order valence-electron chi connectivity index (χ4n) is 18.4. The first-order valence-corrected chi connectivity index (χ1v) is 31.4. The van der Waals surface area contributed by atoms with Crippen molar-refractivity contribution in [3.05, 3.63) is 0 Å². The summed E-state index contributed by atoms with van der Waals surface area (Å²) in [5, 5.41) is 9.45. The van der Waals surface area contributed by atoms with E-state index in [-0.39, 0.29) is 77.5 Å². The number of sulfonamides is 1. The minimum atomic E-state index is -3.41. The normalized spacial score (nSPS) is 47.2. The van der Waals surface area contributed by atoms with Crippen LogP contribution >= 0.6 is 0 Å². The Morgan fingerprint density at radius 1 is 0.571 bits per heavy atom. The minimum absolute atomic E-state index is 0.0108. The van der Waals surface area contributed by atoms with Gasteiger partial charge in [-0.05, 0) is 173 Å². The third-order valence-corrected chi connectivity index (χ3v) is 23.9. The zero-order chi connectivity index (χ0) is 56.4. The van der Waals surface area contributed by atoms with Gasteiger partial charge in [0.1, 0.15) is 24.4 Å². The highest BCUT2D eigenvalue weighted by Gasteiger charge is 2.65. The predicted octanol–water partition coefficient (Wildman–Crippen LogP) is 8.37. The van der Waals surface area contributed by atoms with Crippen LogP contribution in [0.15, 0.2) is 0 Å². The Labute approximate surface area is 457 Å². The Bertz CT molecular complexity index is 2440. The molecule has 10 bridgehead atoms. The molecule has 2 saturated heterocycles. The zero-order valence-corrected chi connectivity index (χ0v) is 49.0. The molecular weight excluding hydrogens is 1010 g/mol. The SMILES string of the molecule is CC1C(C)C2CC1C(C(=O)O)C2C(=O)OC(C)(C)C.CC1C2CC(C(=O)NS(C)(=O)=O)C(C2)C1C.CC1C2CC(C(=O)OC3C(=O)OCC3(C)C)C(C2)C1C.CC1C2CC(C(=O)OC3C4CC5C(=O)OC3C5C4)C(C2)C1C. The highest BCUT2D eigenvalue weighted by molar-refractivity contribution is 7.89. The van der Waals surface area contributed by atoms with Crippen molar-refractivity contribution in [3.63, 3.8) is 0 Å². The second-order valence-electron chi connectivity index (χ2n) is 28.8. The topological polar surface area (TPSA) is 232 Å². The molecule has 27 unspecified atom stereocenters. The van der Waals surface area contributed by atoms with Crippen molar-refractivity contribution in [2.24, 2.45) is 147 Å². The van der Waals surface area contributed by atoms with Gasteiger partial charge in [0.05, 0.1) is 35.8 Å². The van der Waals surface area contributed by atoms with Crippen LogP contribution in [0.4, 0.5) is 0 Å².